The number of hydrogen-bond donors (Lipinski definition) is 2. The molecule has 6 nitrogen and oxygen atoms in total. The number of halogens is 5. The second-order valence-corrected chi connectivity index (χ2v) is 7.46. The highest BCUT2D eigenvalue weighted by Gasteiger charge is 2.43. The molecule has 2 N–H and O–H groups in total. The van der Waals surface area contributed by atoms with E-state index in [0.29, 0.717) is 18.4 Å². The third-order valence-electron chi connectivity index (χ3n) is 5.37. The number of methoxy groups -OCH3 is 1. The third-order valence-corrected chi connectivity index (χ3v) is 5.37. The van der Waals surface area contributed by atoms with Crippen molar-refractivity contribution < 1.29 is 31.8 Å². The van der Waals surface area contributed by atoms with E-state index >= 15 is 0 Å². The molecule has 1 saturated heterocycles. The summed E-state index contributed by atoms with van der Waals surface area (Å²) >= 11 is 0. The van der Waals surface area contributed by atoms with Crippen LogP contribution in [-0.4, -0.2) is 42.9 Å². The van der Waals surface area contributed by atoms with Crippen molar-refractivity contribution in [1.82, 2.24) is 15.6 Å². The Morgan fingerprint density at radius 1 is 1.27 bits per heavy atom. The summed E-state index contributed by atoms with van der Waals surface area (Å²) in [6, 6.07) is 0.863. The fourth-order valence-electron chi connectivity index (χ4n) is 3.80. The average molecular weight is 456 g/mol. The molecule has 3 atom stereocenters. The molecule has 1 saturated carbocycles. The Balaban J connectivity index is 0.00000320. The van der Waals surface area contributed by atoms with Gasteiger partial charge in [-0.05, 0) is 51.1 Å². The van der Waals surface area contributed by atoms with Gasteiger partial charge in [-0.15, -0.1) is 12.4 Å². The topological polar surface area (TPSA) is 72.5 Å². The number of pyridine rings is 1. The van der Waals surface area contributed by atoms with E-state index in [9.17, 15) is 22.4 Å². The van der Waals surface area contributed by atoms with E-state index in [4.69, 9.17) is 9.47 Å². The van der Waals surface area contributed by atoms with Crippen LogP contribution in [0.1, 0.15) is 44.1 Å². The second-order valence-electron chi connectivity index (χ2n) is 7.46. The Labute approximate surface area is 178 Å². The van der Waals surface area contributed by atoms with Gasteiger partial charge in [-0.25, -0.2) is 4.39 Å². The molecule has 1 aromatic heterocycles. The monoisotopic (exact) mass is 455 g/mol. The number of carbonyl (C=O) groups excluding carboxylic acids is 1. The molecule has 1 aliphatic heterocycles. The highest BCUT2D eigenvalue weighted by molar-refractivity contribution is 5.85. The number of amides is 1. The highest BCUT2D eigenvalue weighted by atomic mass is 35.5. The van der Waals surface area contributed by atoms with Crippen molar-refractivity contribution >= 4 is 18.3 Å². The van der Waals surface area contributed by atoms with Crippen LogP contribution in [0.15, 0.2) is 6.07 Å². The zero-order chi connectivity index (χ0) is 21.0. The van der Waals surface area contributed by atoms with Gasteiger partial charge >= 0.3 is 6.18 Å². The summed E-state index contributed by atoms with van der Waals surface area (Å²) in [5.41, 5.74) is 0.320. The summed E-state index contributed by atoms with van der Waals surface area (Å²) in [5, 5.41) is 5.78. The quantitative estimate of drug-likeness (QED) is 0.642. The summed E-state index contributed by atoms with van der Waals surface area (Å²) in [6.45, 7) is 0.796. The Hall–Kier alpha value is -1.81. The van der Waals surface area contributed by atoms with Gasteiger partial charge in [0, 0.05) is 12.1 Å². The molecule has 1 aromatic rings. The summed E-state index contributed by atoms with van der Waals surface area (Å²) in [7, 11) is 1.34. The smallest absolute Gasteiger partial charge is 0.391 e. The molecule has 3 rings (SSSR count). The molecule has 2 heterocycles. The lowest BCUT2D eigenvalue weighted by molar-refractivity contribution is -0.188. The first-order valence-corrected chi connectivity index (χ1v) is 9.75. The maximum absolute atomic E-state index is 14.5. The number of aromatic nitrogens is 1. The minimum Gasteiger partial charge on any atom is -0.481 e. The highest BCUT2D eigenvalue weighted by Crippen LogP contribution is 2.39. The van der Waals surface area contributed by atoms with Crippen LogP contribution >= 0.6 is 12.4 Å². The van der Waals surface area contributed by atoms with Gasteiger partial charge in [-0.3, -0.25) is 4.79 Å². The first kappa shape index (κ1) is 24.5. The third kappa shape index (κ3) is 6.10. The van der Waals surface area contributed by atoms with E-state index in [1.54, 1.807) is 0 Å². The van der Waals surface area contributed by atoms with Crippen molar-refractivity contribution in [3.05, 3.63) is 17.4 Å². The van der Waals surface area contributed by atoms with Gasteiger partial charge < -0.3 is 20.1 Å². The van der Waals surface area contributed by atoms with Crippen LogP contribution in [-0.2, 0) is 11.3 Å². The number of ether oxygens (including phenoxy) is 2. The van der Waals surface area contributed by atoms with Crippen LogP contribution in [0, 0.1) is 11.7 Å². The van der Waals surface area contributed by atoms with Gasteiger partial charge in [0.25, 0.3) is 5.88 Å². The zero-order valence-corrected chi connectivity index (χ0v) is 17.4. The van der Waals surface area contributed by atoms with Gasteiger partial charge in [-0.2, -0.15) is 18.2 Å². The Bertz CT molecular complexity index is 730. The number of carbonyl (C=O) groups is 1. The normalized spacial score (nSPS) is 24.1. The SMILES string of the molecule is COc1nc(O[C@H]2CCC[C@@H](C(F)(F)F)C2)c(F)cc1CNC(=O)[C@@H]1CCCN1.Cl. The molecule has 1 aliphatic carbocycles. The van der Waals surface area contributed by atoms with Crippen LogP contribution in [0.25, 0.3) is 0 Å². The predicted molar refractivity (Wildman–Crippen MR) is 103 cm³/mol. The largest absolute Gasteiger partial charge is 0.481 e. The summed E-state index contributed by atoms with van der Waals surface area (Å²) in [4.78, 5) is 16.1. The molecule has 1 amide bonds. The number of hydrogen-bond acceptors (Lipinski definition) is 5. The Morgan fingerprint density at radius 3 is 2.67 bits per heavy atom. The second kappa shape index (κ2) is 10.5. The molecule has 0 aromatic carbocycles. The van der Waals surface area contributed by atoms with Gasteiger partial charge in [0.05, 0.1) is 19.1 Å². The molecule has 0 bridgehead atoms. The first-order chi connectivity index (χ1) is 13.8. The molecular formula is C19H26ClF4N3O3. The lowest BCUT2D eigenvalue weighted by Gasteiger charge is -2.30. The predicted octanol–water partition coefficient (Wildman–Crippen LogP) is 3.52. The Kier molecular flexibility index (Phi) is 8.54. The van der Waals surface area contributed by atoms with E-state index in [1.165, 1.54) is 7.11 Å². The van der Waals surface area contributed by atoms with Crippen LogP contribution < -0.4 is 20.1 Å². The molecule has 11 heteroatoms. The molecule has 170 valence electrons. The van der Waals surface area contributed by atoms with E-state index in [0.717, 1.165) is 25.5 Å². The summed E-state index contributed by atoms with van der Waals surface area (Å²) < 4.78 is 64.0. The molecule has 0 spiro atoms. The summed E-state index contributed by atoms with van der Waals surface area (Å²) in [6.07, 6.45) is -2.81. The first-order valence-electron chi connectivity index (χ1n) is 9.75. The maximum atomic E-state index is 14.5. The minimum atomic E-state index is -4.29. The van der Waals surface area contributed by atoms with Crippen molar-refractivity contribution in [3.8, 4) is 11.8 Å². The number of alkyl halides is 3. The van der Waals surface area contributed by atoms with Crippen molar-refractivity contribution in [2.45, 2.75) is 63.4 Å². The lowest BCUT2D eigenvalue weighted by atomic mass is 9.87. The zero-order valence-electron chi connectivity index (χ0n) is 16.6. The van der Waals surface area contributed by atoms with Crippen molar-refractivity contribution in [2.24, 2.45) is 5.92 Å². The fourth-order valence-corrected chi connectivity index (χ4v) is 3.80. The van der Waals surface area contributed by atoms with E-state index in [-0.39, 0.29) is 55.5 Å². The lowest BCUT2D eigenvalue weighted by Crippen LogP contribution is -2.40. The van der Waals surface area contributed by atoms with Crippen molar-refractivity contribution in [1.29, 1.82) is 0 Å². The molecule has 0 unspecified atom stereocenters. The van der Waals surface area contributed by atoms with Crippen LogP contribution in [0.2, 0.25) is 0 Å². The van der Waals surface area contributed by atoms with E-state index < -0.39 is 24.0 Å². The molecule has 30 heavy (non-hydrogen) atoms. The van der Waals surface area contributed by atoms with Gasteiger partial charge in [0.15, 0.2) is 5.82 Å². The maximum Gasteiger partial charge on any atom is 0.391 e. The van der Waals surface area contributed by atoms with Gasteiger partial charge in [0.2, 0.25) is 11.8 Å². The Morgan fingerprint density at radius 2 is 2.03 bits per heavy atom. The standard InChI is InChI=1S/C19H25F4N3O3.ClH/c1-28-17-11(10-25-16(27)15-6-3-7-24-15)8-14(20)18(26-17)29-13-5-2-4-12(9-13)19(21,22)23;/h8,12-13,15,24H,2-7,9-10H2,1H3,(H,25,27);1H/t12-,13+,15+;/m1./s1. The molecular weight excluding hydrogens is 430 g/mol. The average Bonchev–Trinajstić information content (AvgIpc) is 3.22. The van der Waals surface area contributed by atoms with Crippen LogP contribution in [0.4, 0.5) is 17.6 Å². The van der Waals surface area contributed by atoms with Gasteiger partial charge in [0.1, 0.15) is 6.10 Å². The van der Waals surface area contributed by atoms with Crippen LogP contribution in [0.5, 0.6) is 11.8 Å². The minimum absolute atomic E-state index is 0. The molecule has 2 aliphatic rings. The molecule has 2 fully saturated rings. The summed E-state index contributed by atoms with van der Waals surface area (Å²) in [5.74, 6) is -2.77. The molecule has 0 radical (unpaired) electrons. The van der Waals surface area contributed by atoms with Crippen molar-refractivity contribution in [3.63, 3.8) is 0 Å². The van der Waals surface area contributed by atoms with E-state index in [1.807, 2.05) is 0 Å². The number of nitrogens with zero attached hydrogens (tertiary/aromatic N) is 1. The van der Waals surface area contributed by atoms with E-state index in [2.05, 4.69) is 15.6 Å². The van der Waals surface area contributed by atoms with Crippen LogP contribution in [0.3, 0.4) is 0 Å². The number of rotatable bonds is 6. The number of nitrogens with one attached hydrogen (secondary N) is 2. The fraction of sp³-hybridized carbons (Fsp3) is 0.684. The van der Waals surface area contributed by atoms with Crippen molar-refractivity contribution in [2.75, 3.05) is 13.7 Å². The van der Waals surface area contributed by atoms with Gasteiger partial charge in [-0.1, -0.05) is 0 Å².